The number of rotatable bonds is 1. The number of carboxylic acids is 1. The van der Waals surface area contributed by atoms with Gasteiger partial charge in [0.2, 0.25) is 0 Å². The standard InChI is InChI=1S/C13H17F3N2O3/c14-13(15,16)12(10(19)20)3-4-17(7-12)11(21)18-6-8-1-2-9(18)5-8/h8-9H,1-7H2,(H,19,20). The minimum absolute atomic E-state index is 0.119. The summed E-state index contributed by atoms with van der Waals surface area (Å²) in [5, 5.41) is 9.00. The van der Waals surface area contributed by atoms with Crippen LogP contribution in [0.3, 0.4) is 0 Å². The first-order valence-electron chi connectivity index (χ1n) is 7.10. The number of likely N-dealkylation sites (tertiary alicyclic amines) is 2. The van der Waals surface area contributed by atoms with Crippen LogP contribution in [0.1, 0.15) is 25.7 Å². The molecule has 3 rings (SSSR count). The first kappa shape index (κ1) is 14.5. The van der Waals surface area contributed by atoms with E-state index in [9.17, 15) is 22.8 Å². The zero-order valence-electron chi connectivity index (χ0n) is 11.4. The molecule has 0 aromatic heterocycles. The van der Waals surface area contributed by atoms with E-state index in [1.807, 2.05) is 0 Å². The molecule has 2 heterocycles. The van der Waals surface area contributed by atoms with E-state index in [1.165, 1.54) is 0 Å². The number of halogens is 3. The smallest absolute Gasteiger partial charge is 0.406 e. The molecular formula is C13H17F3N2O3. The molecule has 5 nitrogen and oxygen atoms in total. The van der Waals surface area contributed by atoms with E-state index >= 15 is 0 Å². The maximum atomic E-state index is 13.1. The Kier molecular flexibility index (Phi) is 3.11. The predicted octanol–water partition coefficient (Wildman–Crippen LogP) is 1.93. The Balaban J connectivity index is 1.74. The zero-order chi connectivity index (χ0) is 15.4. The first-order chi connectivity index (χ1) is 9.74. The fourth-order valence-corrected chi connectivity index (χ4v) is 3.84. The molecule has 0 aromatic carbocycles. The second-order valence-electron chi connectivity index (χ2n) is 6.32. The van der Waals surface area contributed by atoms with Crippen molar-refractivity contribution < 1.29 is 27.9 Å². The fourth-order valence-electron chi connectivity index (χ4n) is 3.84. The lowest BCUT2D eigenvalue weighted by Gasteiger charge is -2.32. The Morgan fingerprint density at radius 1 is 1.24 bits per heavy atom. The molecule has 0 radical (unpaired) electrons. The van der Waals surface area contributed by atoms with Crippen molar-refractivity contribution in [1.29, 1.82) is 0 Å². The number of urea groups is 1. The second-order valence-corrected chi connectivity index (χ2v) is 6.32. The van der Waals surface area contributed by atoms with E-state index < -0.39 is 36.6 Å². The van der Waals surface area contributed by atoms with Gasteiger partial charge in [0.1, 0.15) is 0 Å². The van der Waals surface area contributed by atoms with Crippen molar-refractivity contribution in [3.05, 3.63) is 0 Å². The molecule has 8 heteroatoms. The van der Waals surface area contributed by atoms with Gasteiger partial charge in [0.05, 0.1) is 0 Å². The highest BCUT2D eigenvalue weighted by Gasteiger charge is 2.64. The summed E-state index contributed by atoms with van der Waals surface area (Å²) in [5.74, 6) is -1.44. The summed E-state index contributed by atoms with van der Waals surface area (Å²) in [6, 6.07) is -0.317. The van der Waals surface area contributed by atoms with Gasteiger partial charge in [0.25, 0.3) is 0 Å². The van der Waals surface area contributed by atoms with Crippen molar-refractivity contribution in [2.24, 2.45) is 11.3 Å². The van der Waals surface area contributed by atoms with Crippen LogP contribution in [0.4, 0.5) is 18.0 Å². The maximum absolute atomic E-state index is 13.1. The summed E-state index contributed by atoms with van der Waals surface area (Å²) in [5.41, 5.74) is -2.82. The van der Waals surface area contributed by atoms with E-state index in [0.29, 0.717) is 12.5 Å². The average Bonchev–Trinajstić information content (AvgIpc) is 3.11. The number of alkyl halides is 3. The van der Waals surface area contributed by atoms with Gasteiger partial charge in [-0.25, -0.2) is 4.79 Å². The average molecular weight is 306 g/mol. The molecule has 0 aromatic rings. The maximum Gasteiger partial charge on any atom is 0.406 e. The van der Waals surface area contributed by atoms with Gasteiger partial charge < -0.3 is 14.9 Å². The Bertz CT molecular complexity index is 482. The SMILES string of the molecule is O=C(N1CCC(C(=O)O)(C(F)(F)F)C1)N1CC2CCC1C2. The third kappa shape index (κ3) is 2.06. The largest absolute Gasteiger partial charge is 0.481 e. The number of carbonyl (C=O) groups is 2. The molecule has 2 amide bonds. The number of aliphatic carboxylic acids is 1. The molecule has 2 bridgehead atoms. The normalized spacial score (nSPS) is 35.6. The Labute approximate surface area is 119 Å². The molecule has 1 saturated carbocycles. The van der Waals surface area contributed by atoms with E-state index in [2.05, 4.69) is 0 Å². The van der Waals surface area contributed by atoms with E-state index in [1.54, 1.807) is 4.90 Å². The minimum Gasteiger partial charge on any atom is -0.481 e. The van der Waals surface area contributed by atoms with E-state index in [-0.39, 0.29) is 12.6 Å². The number of piperidine rings is 1. The van der Waals surface area contributed by atoms with Crippen molar-refractivity contribution in [2.75, 3.05) is 19.6 Å². The Morgan fingerprint density at radius 2 is 1.95 bits per heavy atom. The van der Waals surface area contributed by atoms with Gasteiger partial charge >= 0.3 is 18.2 Å². The fraction of sp³-hybridized carbons (Fsp3) is 0.846. The molecule has 1 N–H and O–H groups in total. The van der Waals surface area contributed by atoms with Crippen molar-refractivity contribution in [3.8, 4) is 0 Å². The quantitative estimate of drug-likeness (QED) is 0.805. The summed E-state index contributed by atoms with van der Waals surface area (Å²) in [6.45, 7) is -0.344. The molecule has 3 aliphatic rings. The van der Waals surface area contributed by atoms with Crippen LogP contribution >= 0.6 is 0 Å². The third-order valence-electron chi connectivity index (χ3n) is 5.15. The number of amides is 2. The van der Waals surface area contributed by atoms with Crippen molar-refractivity contribution in [3.63, 3.8) is 0 Å². The van der Waals surface area contributed by atoms with Crippen molar-refractivity contribution in [1.82, 2.24) is 9.80 Å². The lowest BCUT2D eigenvalue weighted by molar-refractivity contribution is -0.227. The second kappa shape index (κ2) is 4.51. The lowest BCUT2D eigenvalue weighted by Crippen LogP contribution is -2.50. The highest BCUT2D eigenvalue weighted by Crippen LogP contribution is 2.46. The van der Waals surface area contributed by atoms with Crippen LogP contribution < -0.4 is 0 Å². The lowest BCUT2D eigenvalue weighted by atomic mass is 9.86. The van der Waals surface area contributed by atoms with Crippen LogP contribution in [0, 0.1) is 11.3 Å². The number of fused-ring (bicyclic) bond motifs is 2. The predicted molar refractivity (Wildman–Crippen MR) is 65.5 cm³/mol. The molecule has 3 atom stereocenters. The van der Waals surface area contributed by atoms with E-state index in [0.717, 1.165) is 24.2 Å². The van der Waals surface area contributed by atoms with Crippen LogP contribution in [0.25, 0.3) is 0 Å². The molecule has 0 spiro atoms. The van der Waals surface area contributed by atoms with Gasteiger partial charge in [0, 0.05) is 25.7 Å². The van der Waals surface area contributed by atoms with Crippen LogP contribution in [-0.4, -0.2) is 58.8 Å². The molecule has 2 aliphatic heterocycles. The van der Waals surface area contributed by atoms with Crippen molar-refractivity contribution >= 4 is 12.0 Å². The summed E-state index contributed by atoms with van der Waals surface area (Å²) in [7, 11) is 0. The number of carbonyl (C=O) groups excluding carboxylic acids is 1. The Hall–Kier alpha value is -1.47. The number of carboxylic acid groups (broad SMARTS) is 1. The summed E-state index contributed by atoms with van der Waals surface area (Å²) < 4.78 is 39.3. The summed E-state index contributed by atoms with van der Waals surface area (Å²) in [4.78, 5) is 26.2. The molecule has 2 saturated heterocycles. The highest BCUT2D eigenvalue weighted by molar-refractivity contribution is 5.81. The van der Waals surface area contributed by atoms with Gasteiger partial charge in [-0.3, -0.25) is 4.79 Å². The molecule has 3 unspecified atom stereocenters. The van der Waals surface area contributed by atoms with Gasteiger partial charge in [-0.1, -0.05) is 0 Å². The first-order valence-corrected chi connectivity index (χ1v) is 7.10. The van der Waals surface area contributed by atoms with Gasteiger partial charge in [-0.15, -0.1) is 0 Å². The highest BCUT2D eigenvalue weighted by atomic mass is 19.4. The molecule has 21 heavy (non-hydrogen) atoms. The number of hydrogen-bond donors (Lipinski definition) is 1. The van der Waals surface area contributed by atoms with Crippen LogP contribution in [0.15, 0.2) is 0 Å². The van der Waals surface area contributed by atoms with Crippen LogP contribution in [-0.2, 0) is 4.79 Å². The van der Waals surface area contributed by atoms with Crippen LogP contribution in [0.5, 0.6) is 0 Å². The molecule has 3 fully saturated rings. The molecule has 118 valence electrons. The minimum atomic E-state index is -4.85. The van der Waals surface area contributed by atoms with Gasteiger partial charge in [0.15, 0.2) is 5.41 Å². The topological polar surface area (TPSA) is 60.9 Å². The van der Waals surface area contributed by atoms with Gasteiger partial charge in [-0.05, 0) is 31.6 Å². The van der Waals surface area contributed by atoms with Gasteiger partial charge in [-0.2, -0.15) is 13.2 Å². The monoisotopic (exact) mass is 306 g/mol. The zero-order valence-corrected chi connectivity index (χ0v) is 11.4. The third-order valence-corrected chi connectivity index (χ3v) is 5.15. The summed E-state index contributed by atoms with van der Waals surface area (Å²) >= 11 is 0. The summed E-state index contributed by atoms with van der Waals surface area (Å²) in [6.07, 6.45) is -2.54. The molecular weight excluding hydrogens is 289 g/mol. The Morgan fingerprint density at radius 3 is 2.38 bits per heavy atom. The molecule has 1 aliphatic carbocycles. The van der Waals surface area contributed by atoms with E-state index in [4.69, 9.17) is 5.11 Å². The van der Waals surface area contributed by atoms with Crippen LogP contribution in [0.2, 0.25) is 0 Å². The van der Waals surface area contributed by atoms with Crippen molar-refractivity contribution in [2.45, 2.75) is 37.9 Å². The number of nitrogens with zero attached hydrogens (tertiary/aromatic N) is 2. The number of hydrogen-bond acceptors (Lipinski definition) is 2.